The molecule has 1 atom stereocenters. The molecule has 0 fully saturated rings. The van der Waals surface area contributed by atoms with Crippen LogP contribution in [0.2, 0.25) is 0 Å². The molecule has 6 heteroatoms. The number of hydrogen-bond acceptors (Lipinski definition) is 4. The van der Waals surface area contributed by atoms with Gasteiger partial charge >= 0.3 is 0 Å². The largest absolute Gasteiger partial charge is 0.392 e. The van der Waals surface area contributed by atoms with Crippen molar-refractivity contribution in [1.29, 1.82) is 0 Å². The Hall–Kier alpha value is -2.34. The predicted octanol–water partition coefficient (Wildman–Crippen LogP) is 1.49. The molecule has 0 aliphatic heterocycles. The van der Waals surface area contributed by atoms with Gasteiger partial charge in [0.2, 0.25) is 11.9 Å². The van der Waals surface area contributed by atoms with Gasteiger partial charge in [0.25, 0.3) is 0 Å². The van der Waals surface area contributed by atoms with E-state index in [4.69, 9.17) is 18.0 Å². The Morgan fingerprint density at radius 3 is 2.37 bits per heavy atom. The van der Waals surface area contributed by atoms with E-state index in [1.54, 1.807) is 30.6 Å². The van der Waals surface area contributed by atoms with E-state index in [0.29, 0.717) is 0 Å². The fourth-order valence-electron chi connectivity index (χ4n) is 1.64. The third kappa shape index (κ3) is 3.32. The zero-order chi connectivity index (χ0) is 13.7. The van der Waals surface area contributed by atoms with Crippen LogP contribution in [0, 0.1) is 0 Å². The van der Waals surface area contributed by atoms with Gasteiger partial charge in [0.15, 0.2) is 0 Å². The lowest BCUT2D eigenvalue weighted by molar-refractivity contribution is -0.116. The summed E-state index contributed by atoms with van der Waals surface area (Å²) in [7, 11) is 0. The van der Waals surface area contributed by atoms with Crippen molar-refractivity contribution < 1.29 is 4.79 Å². The second-order valence-electron chi connectivity index (χ2n) is 3.81. The van der Waals surface area contributed by atoms with Gasteiger partial charge in [0, 0.05) is 12.4 Å². The van der Waals surface area contributed by atoms with Crippen LogP contribution < -0.4 is 11.1 Å². The molecule has 0 saturated heterocycles. The summed E-state index contributed by atoms with van der Waals surface area (Å²) in [5.74, 6) is -0.811. The van der Waals surface area contributed by atoms with Crippen molar-refractivity contribution in [1.82, 2.24) is 9.97 Å². The Balaban J connectivity index is 2.21. The molecule has 1 heterocycles. The molecule has 0 bridgehead atoms. The minimum atomic E-state index is -0.694. The maximum Gasteiger partial charge on any atom is 0.241 e. The maximum absolute atomic E-state index is 12.2. The zero-order valence-corrected chi connectivity index (χ0v) is 10.8. The Labute approximate surface area is 115 Å². The van der Waals surface area contributed by atoms with Crippen molar-refractivity contribution >= 4 is 29.1 Å². The number of thiocarbonyl (C=S) groups is 1. The Morgan fingerprint density at radius 1 is 1.16 bits per heavy atom. The number of anilines is 1. The standard InChI is InChI=1S/C13H12N4OS/c14-11(19)10(9-5-2-1-3-6-9)12(18)17-13-15-7-4-8-16-13/h1-8,10H,(H2,14,19)(H,15,16,17,18). The van der Waals surface area contributed by atoms with Crippen LogP contribution in [0.1, 0.15) is 11.5 Å². The topological polar surface area (TPSA) is 80.9 Å². The molecule has 0 radical (unpaired) electrons. The van der Waals surface area contributed by atoms with E-state index in [0.717, 1.165) is 5.56 Å². The van der Waals surface area contributed by atoms with Gasteiger partial charge in [-0.15, -0.1) is 0 Å². The van der Waals surface area contributed by atoms with Crippen molar-refractivity contribution in [3.63, 3.8) is 0 Å². The Morgan fingerprint density at radius 2 is 1.79 bits per heavy atom. The molecule has 3 N–H and O–H groups in total. The van der Waals surface area contributed by atoms with Gasteiger partial charge in [0.1, 0.15) is 5.92 Å². The van der Waals surface area contributed by atoms with Crippen LogP contribution >= 0.6 is 12.2 Å². The summed E-state index contributed by atoms with van der Waals surface area (Å²) in [6.07, 6.45) is 3.09. The van der Waals surface area contributed by atoms with Gasteiger partial charge in [-0.25, -0.2) is 9.97 Å². The number of nitrogens with one attached hydrogen (secondary N) is 1. The van der Waals surface area contributed by atoms with Crippen LogP contribution in [0.25, 0.3) is 0 Å². The van der Waals surface area contributed by atoms with Gasteiger partial charge < -0.3 is 5.73 Å². The minimum Gasteiger partial charge on any atom is -0.392 e. The first kappa shape index (κ1) is 13.1. The SMILES string of the molecule is NC(=S)C(C(=O)Nc1ncccn1)c1ccccc1. The van der Waals surface area contributed by atoms with Crippen LogP contribution in [0.3, 0.4) is 0 Å². The number of nitrogens with zero attached hydrogens (tertiary/aromatic N) is 2. The normalized spacial score (nSPS) is 11.6. The van der Waals surface area contributed by atoms with Gasteiger partial charge in [-0.1, -0.05) is 42.5 Å². The van der Waals surface area contributed by atoms with E-state index in [2.05, 4.69) is 15.3 Å². The molecule has 1 unspecified atom stereocenters. The number of amides is 1. The third-order valence-electron chi connectivity index (χ3n) is 2.48. The Kier molecular flexibility index (Phi) is 4.15. The fraction of sp³-hybridized carbons (Fsp3) is 0.0769. The molecule has 1 aromatic heterocycles. The van der Waals surface area contributed by atoms with Gasteiger partial charge in [-0.2, -0.15) is 0 Å². The number of carbonyl (C=O) groups is 1. The van der Waals surface area contributed by atoms with Crippen molar-refractivity contribution in [3.8, 4) is 0 Å². The van der Waals surface area contributed by atoms with Crippen molar-refractivity contribution in [2.75, 3.05) is 5.32 Å². The minimum absolute atomic E-state index is 0.111. The lowest BCUT2D eigenvalue weighted by atomic mass is 9.98. The average Bonchev–Trinajstić information content (AvgIpc) is 2.40. The molecule has 19 heavy (non-hydrogen) atoms. The van der Waals surface area contributed by atoms with Crippen molar-refractivity contribution in [3.05, 3.63) is 54.4 Å². The number of carbonyl (C=O) groups excluding carboxylic acids is 1. The fourth-order valence-corrected chi connectivity index (χ4v) is 1.88. The predicted molar refractivity (Wildman–Crippen MR) is 76.6 cm³/mol. The molecule has 0 aliphatic rings. The number of aromatic nitrogens is 2. The number of nitrogens with two attached hydrogens (primary N) is 1. The summed E-state index contributed by atoms with van der Waals surface area (Å²) >= 11 is 4.97. The first-order valence-corrected chi connectivity index (χ1v) is 6.01. The van der Waals surface area contributed by atoms with E-state index >= 15 is 0 Å². The van der Waals surface area contributed by atoms with E-state index in [-0.39, 0.29) is 16.8 Å². The van der Waals surface area contributed by atoms with E-state index in [1.807, 2.05) is 18.2 Å². The monoisotopic (exact) mass is 272 g/mol. The van der Waals surface area contributed by atoms with Crippen LogP contribution in [0.4, 0.5) is 5.95 Å². The summed E-state index contributed by atoms with van der Waals surface area (Å²) in [5.41, 5.74) is 6.39. The van der Waals surface area contributed by atoms with Gasteiger partial charge in [-0.3, -0.25) is 10.1 Å². The summed E-state index contributed by atoms with van der Waals surface area (Å²) in [6, 6.07) is 10.8. The van der Waals surface area contributed by atoms with Gasteiger partial charge in [0.05, 0.1) is 4.99 Å². The number of hydrogen-bond donors (Lipinski definition) is 2. The zero-order valence-electron chi connectivity index (χ0n) is 9.98. The second-order valence-corrected chi connectivity index (χ2v) is 4.28. The number of rotatable bonds is 4. The number of benzene rings is 1. The highest BCUT2D eigenvalue weighted by atomic mass is 32.1. The molecule has 0 saturated carbocycles. The van der Waals surface area contributed by atoms with Crippen LogP contribution in [-0.2, 0) is 4.79 Å². The molecule has 0 spiro atoms. The van der Waals surface area contributed by atoms with Crippen LogP contribution in [-0.4, -0.2) is 20.9 Å². The summed E-state index contributed by atoms with van der Waals surface area (Å²) in [4.78, 5) is 20.2. The summed E-state index contributed by atoms with van der Waals surface area (Å²) in [6.45, 7) is 0. The molecule has 96 valence electrons. The molecule has 1 aromatic carbocycles. The first-order valence-electron chi connectivity index (χ1n) is 5.60. The molecule has 2 rings (SSSR count). The highest BCUT2D eigenvalue weighted by Crippen LogP contribution is 2.17. The smallest absolute Gasteiger partial charge is 0.241 e. The second kappa shape index (κ2) is 6.01. The summed E-state index contributed by atoms with van der Waals surface area (Å²) in [5, 5.41) is 2.59. The molecule has 1 amide bonds. The maximum atomic E-state index is 12.2. The highest BCUT2D eigenvalue weighted by Gasteiger charge is 2.23. The molecule has 0 aliphatic carbocycles. The molecule has 5 nitrogen and oxygen atoms in total. The lowest BCUT2D eigenvalue weighted by Crippen LogP contribution is -2.31. The summed E-state index contributed by atoms with van der Waals surface area (Å²) < 4.78 is 0. The quantitative estimate of drug-likeness (QED) is 0.824. The molecule has 2 aromatic rings. The lowest BCUT2D eigenvalue weighted by Gasteiger charge is -2.14. The van der Waals surface area contributed by atoms with E-state index in [9.17, 15) is 4.79 Å². The third-order valence-corrected chi connectivity index (χ3v) is 2.72. The van der Waals surface area contributed by atoms with Gasteiger partial charge in [-0.05, 0) is 11.6 Å². The van der Waals surface area contributed by atoms with Crippen molar-refractivity contribution in [2.45, 2.75) is 5.92 Å². The van der Waals surface area contributed by atoms with E-state index < -0.39 is 5.92 Å². The van der Waals surface area contributed by atoms with Crippen molar-refractivity contribution in [2.24, 2.45) is 5.73 Å². The van der Waals surface area contributed by atoms with E-state index in [1.165, 1.54) is 0 Å². The van der Waals surface area contributed by atoms with Crippen LogP contribution in [0.5, 0.6) is 0 Å². The Bertz CT molecular complexity index is 574. The first-order chi connectivity index (χ1) is 9.18. The molecular formula is C13H12N4OS. The van der Waals surface area contributed by atoms with Crippen LogP contribution in [0.15, 0.2) is 48.8 Å². The highest BCUT2D eigenvalue weighted by molar-refractivity contribution is 7.80. The molecular weight excluding hydrogens is 260 g/mol. The average molecular weight is 272 g/mol.